The molecule has 1 aromatic heterocycles. The first-order chi connectivity index (χ1) is 14.2. The molecule has 31 heavy (non-hydrogen) atoms. The fourth-order valence-corrected chi connectivity index (χ4v) is 3.74. The number of anilines is 1. The van der Waals surface area contributed by atoms with Crippen molar-refractivity contribution < 1.29 is 35.9 Å². The van der Waals surface area contributed by atoms with Crippen molar-refractivity contribution in [1.29, 1.82) is 5.26 Å². The number of rotatable bonds is 4. The van der Waals surface area contributed by atoms with Gasteiger partial charge in [-0.15, -0.1) is 0 Å². The lowest BCUT2D eigenvalue weighted by atomic mass is 10.2. The van der Waals surface area contributed by atoms with Gasteiger partial charge in [0.15, 0.2) is 11.5 Å². The van der Waals surface area contributed by atoms with Crippen LogP contribution in [0.3, 0.4) is 0 Å². The van der Waals surface area contributed by atoms with Crippen LogP contribution in [0.25, 0.3) is 5.69 Å². The van der Waals surface area contributed by atoms with Gasteiger partial charge in [0.1, 0.15) is 11.8 Å². The molecule has 0 radical (unpaired) electrons. The van der Waals surface area contributed by atoms with Gasteiger partial charge >= 0.3 is 17.8 Å². The van der Waals surface area contributed by atoms with E-state index < -0.39 is 67.2 Å². The summed E-state index contributed by atoms with van der Waals surface area (Å²) in [4.78, 5) is 12.0. The summed E-state index contributed by atoms with van der Waals surface area (Å²) in [6.07, 6.45) is -5.92. The number of benzene rings is 1. The number of ether oxygens (including phenoxy) is 1. The van der Waals surface area contributed by atoms with Crippen molar-refractivity contribution in [3.05, 3.63) is 33.4 Å². The highest BCUT2D eigenvalue weighted by Gasteiger charge is 2.38. The smallest absolute Gasteiger partial charge is 0.446 e. The Morgan fingerprint density at radius 2 is 1.81 bits per heavy atom. The maximum absolute atomic E-state index is 13.1. The second-order valence-corrected chi connectivity index (χ2v) is 7.51. The molecule has 0 N–H and O–H groups in total. The molecule has 0 saturated heterocycles. The number of carbonyl (C=O) groups excluding carboxylic acids is 1. The number of halogens is 8. The quantitative estimate of drug-likeness (QED) is 0.360. The van der Waals surface area contributed by atoms with Crippen LogP contribution in [0, 0.1) is 11.3 Å². The summed E-state index contributed by atoms with van der Waals surface area (Å²) < 4.78 is 83.7. The zero-order valence-electron chi connectivity index (χ0n) is 15.4. The second kappa shape index (κ2) is 9.05. The lowest BCUT2D eigenvalue weighted by Crippen LogP contribution is -2.29. The third-order valence-electron chi connectivity index (χ3n) is 3.56. The Kier molecular flexibility index (Phi) is 7.29. The van der Waals surface area contributed by atoms with Crippen molar-refractivity contribution in [2.24, 2.45) is 0 Å². The molecule has 168 valence electrons. The maximum Gasteiger partial charge on any atom is 0.446 e. The first-order valence-electron chi connectivity index (χ1n) is 7.97. The van der Waals surface area contributed by atoms with Gasteiger partial charge in [0.05, 0.1) is 27.1 Å². The van der Waals surface area contributed by atoms with Crippen molar-refractivity contribution >= 4 is 46.9 Å². The topological polar surface area (TPSA) is 71.2 Å². The predicted molar refractivity (Wildman–Crippen MR) is 101 cm³/mol. The van der Waals surface area contributed by atoms with E-state index in [-0.39, 0.29) is 6.61 Å². The molecule has 0 aliphatic carbocycles. The highest BCUT2D eigenvalue weighted by atomic mass is 35.5. The van der Waals surface area contributed by atoms with Crippen LogP contribution in [0.5, 0.6) is 0 Å². The molecule has 0 spiro atoms. The highest BCUT2D eigenvalue weighted by molar-refractivity contribution is 8.00. The summed E-state index contributed by atoms with van der Waals surface area (Å²) >= 11 is 11.1. The Morgan fingerprint density at radius 3 is 2.23 bits per heavy atom. The summed E-state index contributed by atoms with van der Waals surface area (Å²) in [5.41, 5.74) is -7.34. The average molecular weight is 507 g/mol. The standard InChI is InChI=1S/C16H10Cl2F6N4O2S/c1-3-30-14(29)27(2)13-12(31-16(22,23)24)10(6-25)26-28(13)11-8(17)4-7(5-9(11)18)15(19,20)21/h4-5H,3H2,1-2H3. The number of thioether (sulfide) groups is 1. The fraction of sp³-hybridized carbons (Fsp3) is 0.312. The van der Waals surface area contributed by atoms with E-state index in [9.17, 15) is 36.4 Å². The maximum atomic E-state index is 13.1. The highest BCUT2D eigenvalue weighted by Crippen LogP contribution is 2.46. The van der Waals surface area contributed by atoms with Crippen LogP contribution in [0.2, 0.25) is 10.0 Å². The molecule has 15 heteroatoms. The van der Waals surface area contributed by atoms with Crippen LogP contribution < -0.4 is 4.90 Å². The number of nitrogens with zero attached hydrogens (tertiary/aromatic N) is 4. The number of carbonyl (C=O) groups is 1. The largest absolute Gasteiger partial charge is 0.449 e. The summed E-state index contributed by atoms with van der Waals surface area (Å²) in [6.45, 7) is 1.31. The Morgan fingerprint density at radius 1 is 1.26 bits per heavy atom. The SMILES string of the molecule is CCOC(=O)N(C)c1c(SC(F)(F)F)c(C#N)nn1-c1c(Cl)cc(C(F)(F)F)cc1Cl. The molecule has 0 aliphatic heterocycles. The molecule has 0 aliphatic rings. The molecular formula is C16H10Cl2F6N4O2S. The second-order valence-electron chi connectivity index (χ2n) is 5.62. The molecule has 0 unspecified atom stereocenters. The van der Waals surface area contributed by atoms with Gasteiger partial charge in [-0.25, -0.2) is 9.48 Å². The van der Waals surface area contributed by atoms with Crippen molar-refractivity contribution in [1.82, 2.24) is 9.78 Å². The minimum atomic E-state index is -4.89. The minimum Gasteiger partial charge on any atom is -0.449 e. The van der Waals surface area contributed by atoms with E-state index in [0.29, 0.717) is 21.7 Å². The molecule has 1 aromatic carbocycles. The summed E-state index contributed by atoms with van der Waals surface area (Å²) in [5, 5.41) is 11.7. The molecule has 6 nitrogen and oxygen atoms in total. The first kappa shape index (κ1) is 25.0. The molecule has 2 rings (SSSR count). The monoisotopic (exact) mass is 506 g/mol. The number of nitriles is 1. The van der Waals surface area contributed by atoms with Gasteiger partial charge in [0.2, 0.25) is 0 Å². The number of aromatic nitrogens is 2. The van der Waals surface area contributed by atoms with E-state index >= 15 is 0 Å². The molecular weight excluding hydrogens is 497 g/mol. The minimum absolute atomic E-state index is 0.133. The van der Waals surface area contributed by atoms with Gasteiger partial charge in [0, 0.05) is 7.05 Å². The van der Waals surface area contributed by atoms with Crippen LogP contribution in [0.1, 0.15) is 18.2 Å². The Labute approximate surface area is 185 Å². The molecule has 0 saturated carbocycles. The van der Waals surface area contributed by atoms with E-state index in [1.54, 1.807) is 0 Å². The van der Waals surface area contributed by atoms with Crippen molar-refractivity contribution in [2.75, 3.05) is 18.6 Å². The summed E-state index contributed by atoms with van der Waals surface area (Å²) in [5.74, 6) is -0.624. The van der Waals surface area contributed by atoms with Gasteiger partial charge in [-0.05, 0) is 30.8 Å². The molecule has 2 aromatic rings. The van der Waals surface area contributed by atoms with E-state index in [1.807, 2.05) is 0 Å². The molecule has 0 atom stereocenters. The molecule has 1 amide bonds. The number of hydrogen-bond donors (Lipinski definition) is 0. The predicted octanol–water partition coefficient (Wildman–Crippen LogP) is 6.27. The van der Waals surface area contributed by atoms with Crippen LogP contribution in [-0.2, 0) is 10.9 Å². The van der Waals surface area contributed by atoms with E-state index in [2.05, 4.69) is 5.10 Å². The normalized spacial score (nSPS) is 11.9. The summed E-state index contributed by atoms with van der Waals surface area (Å²) in [7, 11) is 1.03. The third kappa shape index (κ3) is 5.50. The molecule has 0 bridgehead atoms. The van der Waals surface area contributed by atoms with E-state index in [1.165, 1.54) is 13.0 Å². The van der Waals surface area contributed by atoms with Gasteiger partial charge in [0.25, 0.3) is 0 Å². The van der Waals surface area contributed by atoms with Crippen LogP contribution in [-0.4, -0.2) is 35.0 Å². The van der Waals surface area contributed by atoms with Crippen molar-refractivity contribution in [3.8, 4) is 11.8 Å². The van der Waals surface area contributed by atoms with Crippen LogP contribution in [0.4, 0.5) is 37.0 Å². The zero-order chi connectivity index (χ0) is 23.7. The number of amides is 1. The number of alkyl halides is 6. The lowest BCUT2D eigenvalue weighted by Gasteiger charge is -2.21. The van der Waals surface area contributed by atoms with Gasteiger partial charge in [-0.1, -0.05) is 23.2 Å². The van der Waals surface area contributed by atoms with Crippen LogP contribution in [0.15, 0.2) is 17.0 Å². The van der Waals surface area contributed by atoms with E-state index in [0.717, 1.165) is 7.05 Å². The Hall–Kier alpha value is -2.30. The third-order valence-corrected chi connectivity index (χ3v) is 4.95. The molecule has 0 fully saturated rings. The number of hydrogen-bond acceptors (Lipinski definition) is 5. The lowest BCUT2D eigenvalue weighted by molar-refractivity contribution is -0.137. The van der Waals surface area contributed by atoms with Crippen LogP contribution >= 0.6 is 35.0 Å². The molecule has 1 heterocycles. The summed E-state index contributed by atoms with van der Waals surface area (Å²) in [6, 6.07) is 2.43. The van der Waals surface area contributed by atoms with E-state index in [4.69, 9.17) is 27.9 Å². The van der Waals surface area contributed by atoms with Crippen molar-refractivity contribution in [2.45, 2.75) is 23.5 Å². The van der Waals surface area contributed by atoms with Gasteiger partial charge in [-0.2, -0.15) is 36.7 Å². The first-order valence-corrected chi connectivity index (χ1v) is 9.54. The van der Waals surface area contributed by atoms with Gasteiger partial charge < -0.3 is 4.74 Å². The zero-order valence-corrected chi connectivity index (χ0v) is 17.7. The van der Waals surface area contributed by atoms with Crippen molar-refractivity contribution in [3.63, 3.8) is 0 Å². The Bertz CT molecular complexity index is 1030. The average Bonchev–Trinajstić information content (AvgIpc) is 2.96. The van der Waals surface area contributed by atoms with Gasteiger partial charge in [-0.3, -0.25) is 4.90 Å². The Balaban J connectivity index is 2.85. The fourth-order valence-electron chi connectivity index (χ4n) is 2.37.